The first-order valence-electron chi connectivity index (χ1n) is 4.57. The van der Waals surface area contributed by atoms with E-state index in [2.05, 4.69) is 11.8 Å². The fourth-order valence-electron chi connectivity index (χ4n) is 2.37. The minimum absolute atomic E-state index is 0.395. The predicted octanol–water partition coefficient (Wildman–Crippen LogP) is 1.41. The van der Waals surface area contributed by atoms with Crippen molar-refractivity contribution in [3.63, 3.8) is 0 Å². The van der Waals surface area contributed by atoms with Crippen LogP contribution in [0.25, 0.3) is 0 Å². The highest BCUT2D eigenvalue weighted by molar-refractivity contribution is 5.77. The lowest BCUT2D eigenvalue weighted by molar-refractivity contribution is -0.136. The van der Waals surface area contributed by atoms with Crippen LogP contribution in [0.15, 0.2) is 0 Å². The second kappa shape index (κ2) is 2.50. The minimum atomic E-state index is 0.395. The molecule has 0 bridgehead atoms. The van der Waals surface area contributed by atoms with E-state index in [1.54, 1.807) is 0 Å². The zero-order valence-electron chi connectivity index (χ0n) is 7.05. The van der Waals surface area contributed by atoms with Crippen molar-refractivity contribution in [1.82, 2.24) is 4.90 Å². The number of hydrogen-bond donors (Lipinski definition) is 0. The Hall–Kier alpha value is -0.530. The maximum absolute atomic E-state index is 11.4. The van der Waals surface area contributed by atoms with Gasteiger partial charge in [-0.3, -0.25) is 4.79 Å². The SMILES string of the molecule is CC1CC(=O)N2CCCC2C1. The van der Waals surface area contributed by atoms with Crippen molar-refractivity contribution < 1.29 is 4.79 Å². The summed E-state index contributed by atoms with van der Waals surface area (Å²) in [5.41, 5.74) is 0. The number of carbonyl (C=O) groups excluding carboxylic acids is 1. The van der Waals surface area contributed by atoms with Gasteiger partial charge in [0.2, 0.25) is 5.91 Å². The maximum Gasteiger partial charge on any atom is 0.223 e. The first-order chi connectivity index (χ1) is 5.27. The molecule has 0 spiro atoms. The summed E-state index contributed by atoms with van der Waals surface area (Å²) in [4.78, 5) is 13.5. The fourth-order valence-corrected chi connectivity index (χ4v) is 2.37. The van der Waals surface area contributed by atoms with Gasteiger partial charge in [-0.15, -0.1) is 0 Å². The third-order valence-corrected chi connectivity index (χ3v) is 2.90. The van der Waals surface area contributed by atoms with Crippen LogP contribution in [0.2, 0.25) is 0 Å². The number of nitrogens with zero attached hydrogens (tertiary/aromatic N) is 1. The van der Waals surface area contributed by atoms with Crippen LogP contribution in [0.1, 0.15) is 32.6 Å². The molecule has 2 unspecified atom stereocenters. The van der Waals surface area contributed by atoms with E-state index in [0.717, 1.165) is 13.0 Å². The minimum Gasteiger partial charge on any atom is -0.340 e. The van der Waals surface area contributed by atoms with Gasteiger partial charge in [0.1, 0.15) is 0 Å². The molecule has 2 saturated heterocycles. The smallest absolute Gasteiger partial charge is 0.223 e. The second-order valence-electron chi connectivity index (χ2n) is 3.93. The number of hydrogen-bond acceptors (Lipinski definition) is 1. The van der Waals surface area contributed by atoms with E-state index in [-0.39, 0.29) is 0 Å². The van der Waals surface area contributed by atoms with Crippen molar-refractivity contribution in [1.29, 1.82) is 0 Å². The Morgan fingerprint density at radius 3 is 3.18 bits per heavy atom. The highest BCUT2D eigenvalue weighted by atomic mass is 16.2. The van der Waals surface area contributed by atoms with Gasteiger partial charge in [-0.25, -0.2) is 0 Å². The van der Waals surface area contributed by atoms with Crippen molar-refractivity contribution in [2.24, 2.45) is 5.92 Å². The standard InChI is InChI=1S/C9H15NO/c1-7-5-8-3-2-4-10(8)9(11)6-7/h7-8H,2-6H2,1H3. The molecule has 2 nitrogen and oxygen atoms in total. The van der Waals surface area contributed by atoms with E-state index >= 15 is 0 Å². The van der Waals surface area contributed by atoms with Gasteiger partial charge >= 0.3 is 0 Å². The molecule has 0 aliphatic carbocycles. The van der Waals surface area contributed by atoms with Gasteiger partial charge in [0.25, 0.3) is 0 Å². The summed E-state index contributed by atoms with van der Waals surface area (Å²) in [5.74, 6) is 1.02. The second-order valence-corrected chi connectivity index (χ2v) is 3.93. The third-order valence-electron chi connectivity index (χ3n) is 2.90. The lowest BCUT2D eigenvalue weighted by atomic mass is 9.92. The molecule has 2 rings (SSSR count). The summed E-state index contributed by atoms with van der Waals surface area (Å²) in [6, 6.07) is 0.603. The van der Waals surface area contributed by atoms with Gasteiger partial charge in [0, 0.05) is 19.0 Å². The Balaban J connectivity index is 2.10. The summed E-state index contributed by atoms with van der Waals surface area (Å²) in [6.07, 6.45) is 4.50. The van der Waals surface area contributed by atoms with Crippen molar-refractivity contribution >= 4 is 5.91 Å². The zero-order chi connectivity index (χ0) is 7.84. The van der Waals surface area contributed by atoms with Crippen LogP contribution in [-0.4, -0.2) is 23.4 Å². The first kappa shape index (κ1) is 7.14. The lowest BCUT2D eigenvalue weighted by Gasteiger charge is -2.32. The van der Waals surface area contributed by atoms with E-state index in [0.29, 0.717) is 17.9 Å². The molecule has 0 radical (unpaired) electrons. The normalized spacial score (nSPS) is 37.5. The maximum atomic E-state index is 11.4. The van der Waals surface area contributed by atoms with Crippen LogP contribution < -0.4 is 0 Å². The Morgan fingerprint density at radius 2 is 2.36 bits per heavy atom. The van der Waals surface area contributed by atoms with Crippen molar-refractivity contribution in [2.45, 2.75) is 38.6 Å². The van der Waals surface area contributed by atoms with E-state index in [1.807, 2.05) is 0 Å². The Labute approximate surface area is 67.6 Å². The molecular formula is C9H15NO. The molecule has 62 valence electrons. The Kier molecular flexibility index (Phi) is 1.63. The molecule has 0 aromatic carbocycles. The molecule has 0 aromatic heterocycles. The van der Waals surface area contributed by atoms with E-state index < -0.39 is 0 Å². The molecule has 0 saturated carbocycles. The largest absolute Gasteiger partial charge is 0.340 e. The van der Waals surface area contributed by atoms with Crippen molar-refractivity contribution in [3.05, 3.63) is 0 Å². The van der Waals surface area contributed by atoms with Gasteiger partial charge < -0.3 is 4.90 Å². The highest BCUT2D eigenvalue weighted by Gasteiger charge is 2.34. The van der Waals surface area contributed by atoms with Gasteiger partial charge in [-0.1, -0.05) is 6.92 Å². The summed E-state index contributed by atoms with van der Waals surface area (Å²) < 4.78 is 0. The van der Waals surface area contributed by atoms with E-state index in [9.17, 15) is 4.79 Å². The average Bonchev–Trinajstić information content (AvgIpc) is 2.34. The monoisotopic (exact) mass is 153 g/mol. The number of piperidine rings is 1. The van der Waals surface area contributed by atoms with Crippen LogP contribution in [0.4, 0.5) is 0 Å². The first-order valence-corrected chi connectivity index (χ1v) is 4.57. The Bertz CT molecular complexity index is 178. The average molecular weight is 153 g/mol. The van der Waals surface area contributed by atoms with Crippen LogP contribution in [0.3, 0.4) is 0 Å². The molecule has 2 aliphatic rings. The van der Waals surface area contributed by atoms with E-state index in [1.165, 1.54) is 19.3 Å². The van der Waals surface area contributed by atoms with Crippen molar-refractivity contribution in [3.8, 4) is 0 Å². The molecule has 2 atom stereocenters. The van der Waals surface area contributed by atoms with Gasteiger partial charge in [-0.05, 0) is 25.2 Å². The molecule has 2 heteroatoms. The van der Waals surface area contributed by atoms with E-state index in [4.69, 9.17) is 0 Å². The number of amides is 1. The van der Waals surface area contributed by atoms with Crippen LogP contribution in [0, 0.1) is 5.92 Å². The molecule has 0 aromatic rings. The molecule has 0 N–H and O–H groups in total. The Morgan fingerprint density at radius 1 is 1.55 bits per heavy atom. The highest BCUT2D eigenvalue weighted by Crippen LogP contribution is 2.30. The van der Waals surface area contributed by atoms with Gasteiger partial charge in [-0.2, -0.15) is 0 Å². The van der Waals surface area contributed by atoms with Crippen LogP contribution in [-0.2, 0) is 4.79 Å². The summed E-state index contributed by atoms with van der Waals surface area (Å²) >= 11 is 0. The summed E-state index contributed by atoms with van der Waals surface area (Å²) in [5, 5.41) is 0. The van der Waals surface area contributed by atoms with Gasteiger partial charge in [0.15, 0.2) is 0 Å². The van der Waals surface area contributed by atoms with Crippen molar-refractivity contribution in [2.75, 3.05) is 6.54 Å². The molecule has 2 aliphatic heterocycles. The van der Waals surface area contributed by atoms with Crippen LogP contribution in [0.5, 0.6) is 0 Å². The molecular weight excluding hydrogens is 138 g/mol. The third kappa shape index (κ3) is 1.15. The molecule has 2 fully saturated rings. The molecule has 2 heterocycles. The topological polar surface area (TPSA) is 20.3 Å². The quantitative estimate of drug-likeness (QED) is 0.515. The van der Waals surface area contributed by atoms with Gasteiger partial charge in [0.05, 0.1) is 0 Å². The zero-order valence-corrected chi connectivity index (χ0v) is 7.05. The summed E-state index contributed by atoms with van der Waals surface area (Å²) in [7, 11) is 0. The lowest BCUT2D eigenvalue weighted by Crippen LogP contribution is -2.41. The fraction of sp³-hybridized carbons (Fsp3) is 0.889. The number of fused-ring (bicyclic) bond motifs is 1. The summed E-state index contributed by atoms with van der Waals surface area (Å²) in [6.45, 7) is 3.21. The van der Waals surface area contributed by atoms with Crippen LogP contribution >= 0.6 is 0 Å². The number of carbonyl (C=O) groups is 1. The number of rotatable bonds is 0. The molecule has 11 heavy (non-hydrogen) atoms. The molecule has 1 amide bonds. The predicted molar refractivity (Wildman–Crippen MR) is 43.1 cm³/mol.